The zero-order valence-corrected chi connectivity index (χ0v) is 9.49. The fraction of sp³-hybridized carbons (Fsp3) is 0.333. The van der Waals surface area contributed by atoms with Crippen molar-refractivity contribution in [2.75, 3.05) is 0 Å². The number of hydrogen-bond acceptors (Lipinski definition) is 1. The lowest BCUT2D eigenvalue weighted by atomic mass is 10.3. The maximum Gasteiger partial charge on any atom is 0.273 e. The largest absolute Gasteiger partial charge is 0.273 e. The topological polar surface area (TPSA) is 0 Å². The first-order chi connectivity index (χ1) is 5.04. The molecular weight excluding hydrogens is 302 g/mol. The van der Waals surface area contributed by atoms with Gasteiger partial charge in [0.05, 0.1) is 8.66 Å². The van der Waals surface area contributed by atoms with Crippen LogP contribution in [0.15, 0.2) is 8.26 Å². The maximum absolute atomic E-state index is 12.2. The second kappa shape index (κ2) is 3.49. The molecule has 62 valence electrons. The van der Waals surface area contributed by atoms with Crippen molar-refractivity contribution in [3.05, 3.63) is 18.7 Å². The second-order valence-corrected chi connectivity index (χ2v) is 5.14. The molecule has 0 unspecified atom stereocenters. The summed E-state index contributed by atoms with van der Waals surface area (Å²) in [5, 5.41) is 0. The Morgan fingerprint density at radius 1 is 1.36 bits per heavy atom. The molecule has 1 rings (SSSR count). The standard InChI is InChI=1S/C6H4Br2F2S/c1-2-3(7)4(6(9)10)11-5(2)8/h6H,1H3. The van der Waals surface area contributed by atoms with Crippen LogP contribution in [0.5, 0.6) is 0 Å². The van der Waals surface area contributed by atoms with Crippen LogP contribution in [0, 0.1) is 6.92 Å². The molecule has 0 nitrogen and oxygen atoms in total. The molecule has 5 heteroatoms. The van der Waals surface area contributed by atoms with Crippen LogP contribution in [0.2, 0.25) is 0 Å². The predicted octanol–water partition coefficient (Wildman–Crippen LogP) is 4.52. The Bertz CT molecular complexity index is 270. The van der Waals surface area contributed by atoms with Crippen LogP contribution in [-0.2, 0) is 0 Å². The number of halogens is 4. The second-order valence-electron chi connectivity index (χ2n) is 1.98. The summed E-state index contributed by atoms with van der Waals surface area (Å²) in [6.45, 7) is 1.79. The zero-order chi connectivity index (χ0) is 8.59. The van der Waals surface area contributed by atoms with Gasteiger partial charge in [0.2, 0.25) is 0 Å². The smallest absolute Gasteiger partial charge is 0.204 e. The molecule has 11 heavy (non-hydrogen) atoms. The van der Waals surface area contributed by atoms with Crippen molar-refractivity contribution in [3.63, 3.8) is 0 Å². The van der Waals surface area contributed by atoms with Gasteiger partial charge in [0, 0.05) is 4.47 Å². The third-order valence-corrected chi connectivity index (χ3v) is 4.69. The van der Waals surface area contributed by atoms with Gasteiger partial charge >= 0.3 is 0 Å². The summed E-state index contributed by atoms with van der Waals surface area (Å²) in [4.78, 5) is 0.0920. The molecule has 0 fully saturated rings. The van der Waals surface area contributed by atoms with Crippen molar-refractivity contribution in [3.8, 4) is 0 Å². The van der Waals surface area contributed by atoms with E-state index in [0.29, 0.717) is 4.47 Å². The van der Waals surface area contributed by atoms with Crippen LogP contribution < -0.4 is 0 Å². The Labute approximate surface area is 83.9 Å². The molecule has 0 atom stereocenters. The van der Waals surface area contributed by atoms with E-state index in [1.807, 2.05) is 0 Å². The summed E-state index contributed by atoms with van der Waals surface area (Å²) in [7, 11) is 0. The monoisotopic (exact) mass is 304 g/mol. The molecule has 0 bridgehead atoms. The lowest BCUT2D eigenvalue weighted by Gasteiger charge is -1.93. The number of alkyl halides is 2. The Morgan fingerprint density at radius 3 is 2.09 bits per heavy atom. The molecule has 1 aromatic heterocycles. The highest BCUT2D eigenvalue weighted by Gasteiger charge is 2.18. The van der Waals surface area contributed by atoms with Gasteiger partial charge in [-0.3, -0.25) is 0 Å². The first-order valence-electron chi connectivity index (χ1n) is 2.76. The van der Waals surface area contributed by atoms with Gasteiger partial charge in [0.15, 0.2) is 0 Å². The quantitative estimate of drug-likeness (QED) is 0.715. The van der Waals surface area contributed by atoms with Crippen LogP contribution >= 0.6 is 43.2 Å². The first-order valence-corrected chi connectivity index (χ1v) is 5.16. The van der Waals surface area contributed by atoms with E-state index < -0.39 is 6.43 Å². The van der Waals surface area contributed by atoms with Gasteiger partial charge in [-0.1, -0.05) is 0 Å². The summed E-state index contributed by atoms with van der Waals surface area (Å²) < 4.78 is 25.6. The summed E-state index contributed by atoms with van der Waals surface area (Å²) in [5.41, 5.74) is 0.838. The van der Waals surface area contributed by atoms with Gasteiger partial charge in [-0.05, 0) is 44.3 Å². The average molecular weight is 306 g/mol. The molecule has 0 saturated carbocycles. The van der Waals surface area contributed by atoms with Crippen LogP contribution in [0.1, 0.15) is 16.9 Å². The first kappa shape index (κ1) is 9.61. The van der Waals surface area contributed by atoms with Gasteiger partial charge < -0.3 is 0 Å². The minimum absolute atomic E-state index is 0.0920. The van der Waals surface area contributed by atoms with Gasteiger partial charge in [-0.15, -0.1) is 11.3 Å². The van der Waals surface area contributed by atoms with E-state index in [9.17, 15) is 8.78 Å². The van der Waals surface area contributed by atoms with Crippen LogP contribution in [0.3, 0.4) is 0 Å². The lowest BCUT2D eigenvalue weighted by molar-refractivity contribution is 0.155. The van der Waals surface area contributed by atoms with E-state index in [1.165, 1.54) is 0 Å². The van der Waals surface area contributed by atoms with E-state index in [2.05, 4.69) is 31.9 Å². The van der Waals surface area contributed by atoms with Crippen LogP contribution in [0.4, 0.5) is 8.78 Å². The van der Waals surface area contributed by atoms with Gasteiger partial charge in [-0.25, -0.2) is 8.78 Å². The fourth-order valence-electron chi connectivity index (χ4n) is 0.629. The number of thiophene rings is 1. The molecule has 0 aliphatic heterocycles. The Morgan fingerprint density at radius 2 is 1.91 bits per heavy atom. The Kier molecular flexibility index (Phi) is 3.05. The van der Waals surface area contributed by atoms with Gasteiger partial charge in [-0.2, -0.15) is 0 Å². The van der Waals surface area contributed by atoms with Crippen molar-refractivity contribution < 1.29 is 8.78 Å². The molecule has 0 aromatic carbocycles. The van der Waals surface area contributed by atoms with Crippen molar-refractivity contribution in [2.24, 2.45) is 0 Å². The predicted molar refractivity (Wildman–Crippen MR) is 49.4 cm³/mol. The Balaban J connectivity index is 3.19. The van der Waals surface area contributed by atoms with Crippen molar-refractivity contribution in [1.29, 1.82) is 0 Å². The highest BCUT2D eigenvalue weighted by molar-refractivity contribution is 9.11. The van der Waals surface area contributed by atoms with E-state index >= 15 is 0 Å². The third kappa shape index (κ3) is 1.81. The number of hydrogen-bond donors (Lipinski definition) is 0. The van der Waals surface area contributed by atoms with E-state index in [0.717, 1.165) is 20.7 Å². The maximum atomic E-state index is 12.2. The molecule has 0 aliphatic rings. The minimum atomic E-state index is -2.39. The molecule has 1 heterocycles. The van der Waals surface area contributed by atoms with Gasteiger partial charge in [0.25, 0.3) is 6.43 Å². The van der Waals surface area contributed by atoms with E-state index in [1.54, 1.807) is 6.92 Å². The van der Waals surface area contributed by atoms with Gasteiger partial charge in [0.1, 0.15) is 0 Å². The minimum Gasteiger partial charge on any atom is -0.204 e. The van der Waals surface area contributed by atoms with Crippen LogP contribution in [-0.4, -0.2) is 0 Å². The molecule has 0 aliphatic carbocycles. The summed E-state index contributed by atoms with van der Waals surface area (Å²) in [6, 6.07) is 0. The van der Waals surface area contributed by atoms with Crippen molar-refractivity contribution >= 4 is 43.2 Å². The normalized spacial score (nSPS) is 11.1. The zero-order valence-electron chi connectivity index (χ0n) is 5.50. The average Bonchev–Trinajstić information content (AvgIpc) is 2.17. The lowest BCUT2D eigenvalue weighted by Crippen LogP contribution is -1.77. The summed E-state index contributed by atoms with van der Waals surface area (Å²) in [5.74, 6) is 0. The molecule has 0 radical (unpaired) electrons. The molecule has 0 amide bonds. The highest BCUT2D eigenvalue weighted by atomic mass is 79.9. The highest BCUT2D eigenvalue weighted by Crippen LogP contribution is 2.41. The third-order valence-electron chi connectivity index (χ3n) is 1.24. The van der Waals surface area contributed by atoms with E-state index in [4.69, 9.17) is 0 Å². The molecular formula is C6H4Br2F2S. The number of rotatable bonds is 1. The molecule has 0 N–H and O–H groups in total. The van der Waals surface area contributed by atoms with Crippen LogP contribution in [0.25, 0.3) is 0 Å². The summed E-state index contributed by atoms with van der Waals surface area (Å²) >= 11 is 7.36. The molecule has 0 spiro atoms. The fourth-order valence-corrected chi connectivity index (χ4v) is 3.14. The SMILES string of the molecule is Cc1c(Br)sc(C(F)F)c1Br. The van der Waals surface area contributed by atoms with E-state index in [-0.39, 0.29) is 4.88 Å². The molecule has 1 aromatic rings. The Hall–Kier alpha value is 0.520. The van der Waals surface area contributed by atoms with Crippen molar-refractivity contribution in [1.82, 2.24) is 0 Å². The van der Waals surface area contributed by atoms with Crippen molar-refractivity contribution in [2.45, 2.75) is 13.3 Å². The molecule has 0 saturated heterocycles. The summed E-state index contributed by atoms with van der Waals surface area (Å²) in [6.07, 6.45) is -2.39.